The SMILES string of the molecule is CC(Cc1ccc(C(C)(C)C)cc1)NC(=O)OCc1ccccc1. The minimum Gasteiger partial charge on any atom is -0.445 e. The Hall–Kier alpha value is -2.29. The van der Waals surface area contributed by atoms with Crippen LogP contribution in [0.2, 0.25) is 0 Å². The summed E-state index contributed by atoms with van der Waals surface area (Å²) in [6, 6.07) is 18.3. The van der Waals surface area contributed by atoms with Crippen molar-refractivity contribution in [2.24, 2.45) is 0 Å². The average molecular weight is 325 g/mol. The predicted octanol–water partition coefficient (Wildman–Crippen LogP) is 4.84. The Morgan fingerprint density at radius 3 is 2.21 bits per heavy atom. The number of benzene rings is 2. The van der Waals surface area contributed by atoms with Crippen LogP contribution in [0.15, 0.2) is 54.6 Å². The van der Waals surface area contributed by atoms with E-state index in [1.54, 1.807) is 0 Å². The second-order valence-corrected chi connectivity index (χ2v) is 7.26. The highest BCUT2D eigenvalue weighted by molar-refractivity contribution is 5.67. The van der Waals surface area contributed by atoms with Gasteiger partial charge in [0.1, 0.15) is 6.61 Å². The van der Waals surface area contributed by atoms with Gasteiger partial charge in [-0.1, -0.05) is 75.4 Å². The maximum absolute atomic E-state index is 11.9. The predicted molar refractivity (Wildman–Crippen MR) is 98.1 cm³/mol. The maximum Gasteiger partial charge on any atom is 0.407 e. The van der Waals surface area contributed by atoms with Crippen molar-refractivity contribution in [3.63, 3.8) is 0 Å². The van der Waals surface area contributed by atoms with Crippen LogP contribution in [0.4, 0.5) is 4.79 Å². The Labute approximate surface area is 145 Å². The van der Waals surface area contributed by atoms with Gasteiger partial charge >= 0.3 is 6.09 Å². The van der Waals surface area contributed by atoms with E-state index in [2.05, 4.69) is 50.4 Å². The molecule has 2 rings (SSSR count). The summed E-state index contributed by atoms with van der Waals surface area (Å²) in [6.45, 7) is 8.89. The molecule has 0 aliphatic rings. The van der Waals surface area contributed by atoms with E-state index in [4.69, 9.17) is 4.74 Å². The highest BCUT2D eigenvalue weighted by atomic mass is 16.5. The van der Waals surface area contributed by atoms with E-state index in [-0.39, 0.29) is 17.6 Å². The molecular weight excluding hydrogens is 298 g/mol. The molecule has 0 aromatic heterocycles. The van der Waals surface area contributed by atoms with E-state index in [0.29, 0.717) is 6.61 Å². The third-order valence-corrected chi connectivity index (χ3v) is 3.94. The maximum atomic E-state index is 11.9. The molecule has 0 bridgehead atoms. The van der Waals surface area contributed by atoms with Gasteiger partial charge in [-0.2, -0.15) is 0 Å². The van der Waals surface area contributed by atoms with E-state index >= 15 is 0 Å². The Morgan fingerprint density at radius 1 is 1.00 bits per heavy atom. The summed E-state index contributed by atoms with van der Waals surface area (Å²) < 4.78 is 5.25. The first-order valence-electron chi connectivity index (χ1n) is 8.41. The van der Waals surface area contributed by atoms with E-state index in [1.165, 1.54) is 11.1 Å². The van der Waals surface area contributed by atoms with Crippen molar-refractivity contribution in [2.75, 3.05) is 0 Å². The van der Waals surface area contributed by atoms with Gasteiger partial charge in [-0.25, -0.2) is 4.79 Å². The molecule has 0 aliphatic heterocycles. The van der Waals surface area contributed by atoms with Gasteiger partial charge in [-0.3, -0.25) is 0 Å². The molecule has 1 atom stereocenters. The van der Waals surface area contributed by atoms with Crippen LogP contribution in [0.3, 0.4) is 0 Å². The van der Waals surface area contributed by atoms with Gasteiger partial charge in [0.15, 0.2) is 0 Å². The Kier molecular flexibility index (Phi) is 6.02. The molecule has 0 saturated carbocycles. The smallest absolute Gasteiger partial charge is 0.407 e. The molecule has 0 heterocycles. The molecule has 0 radical (unpaired) electrons. The van der Waals surface area contributed by atoms with Gasteiger partial charge in [0, 0.05) is 6.04 Å². The lowest BCUT2D eigenvalue weighted by Crippen LogP contribution is -2.34. The van der Waals surface area contributed by atoms with Gasteiger partial charge < -0.3 is 10.1 Å². The number of hydrogen-bond acceptors (Lipinski definition) is 2. The molecule has 128 valence electrons. The zero-order valence-corrected chi connectivity index (χ0v) is 15.0. The van der Waals surface area contributed by atoms with Crippen molar-refractivity contribution >= 4 is 6.09 Å². The van der Waals surface area contributed by atoms with Crippen LogP contribution in [-0.4, -0.2) is 12.1 Å². The lowest BCUT2D eigenvalue weighted by Gasteiger charge is -2.20. The lowest BCUT2D eigenvalue weighted by molar-refractivity contribution is 0.136. The number of alkyl carbamates (subject to hydrolysis) is 1. The number of carbonyl (C=O) groups excluding carboxylic acids is 1. The van der Waals surface area contributed by atoms with E-state index in [1.807, 2.05) is 37.3 Å². The molecule has 24 heavy (non-hydrogen) atoms. The highest BCUT2D eigenvalue weighted by Gasteiger charge is 2.14. The normalized spacial score (nSPS) is 12.5. The Morgan fingerprint density at radius 2 is 1.62 bits per heavy atom. The largest absolute Gasteiger partial charge is 0.445 e. The topological polar surface area (TPSA) is 38.3 Å². The van der Waals surface area contributed by atoms with Gasteiger partial charge in [-0.15, -0.1) is 0 Å². The second kappa shape index (κ2) is 8.00. The van der Waals surface area contributed by atoms with Crippen LogP contribution in [0.25, 0.3) is 0 Å². The summed E-state index contributed by atoms with van der Waals surface area (Å²) in [6.07, 6.45) is 0.405. The summed E-state index contributed by atoms with van der Waals surface area (Å²) in [5, 5.41) is 2.88. The summed E-state index contributed by atoms with van der Waals surface area (Å²) in [4.78, 5) is 11.9. The third-order valence-electron chi connectivity index (χ3n) is 3.94. The van der Waals surface area contributed by atoms with Gasteiger partial charge in [0.05, 0.1) is 0 Å². The first-order valence-corrected chi connectivity index (χ1v) is 8.41. The first-order chi connectivity index (χ1) is 11.3. The van der Waals surface area contributed by atoms with Crippen molar-refractivity contribution in [3.05, 3.63) is 71.3 Å². The minimum atomic E-state index is -0.377. The average Bonchev–Trinajstić information content (AvgIpc) is 2.53. The summed E-state index contributed by atoms with van der Waals surface area (Å²) in [5.74, 6) is 0. The number of ether oxygens (including phenoxy) is 1. The van der Waals surface area contributed by atoms with Crippen molar-refractivity contribution < 1.29 is 9.53 Å². The molecule has 0 saturated heterocycles. The molecule has 3 heteroatoms. The number of rotatable bonds is 5. The van der Waals surface area contributed by atoms with Gasteiger partial charge in [-0.05, 0) is 35.4 Å². The molecule has 0 fully saturated rings. The van der Waals surface area contributed by atoms with E-state index < -0.39 is 0 Å². The van der Waals surface area contributed by atoms with Crippen LogP contribution >= 0.6 is 0 Å². The standard InChI is InChI=1S/C21H27NO2/c1-16(14-17-10-12-19(13-11-17)21(2,3)4)22-20(23)24-15-18-8-6-5-7-9-18/h5-13,16H,14-15H2,1-4H3,(H,22,23). The number of nitrogens with one attached hydrogen (secondary N) is 1. The zero-order valence-electron chi connectivity index (χ0n) is 15.0. The molecule has 1 unspecified atom stereocenters. The van der Waals surface area contributed by atoms with Gasteiger partial charge in [0.25, 0.3) is 0 Å². The summed E-state index contributed by atoms with van der Waals surface area (Å²) in [5.41, 5.74) is 3.66. The quantitative estimate of drug-likeness (QED) is 0.854. The van der Waals surface area contributed by atoms with Crippen molar-refractivity contribution in [1.29, 1.82) is 0 Å². The molecule has 1 amide bonds. The van der Waals surface area contributed by atoms with Crippen molar-refractivity contribution in [3.8, 4) is 0 Å². The van der Waals surface area contributed by atoms with Gasteiger partial charge in [0.2, 0.25) is 0 Å². The minimum absolute atomic E-state index is 0.0220. The highest BCUT2D eigenvalue weighted by Crippen LogP contribution is 2.22. The third kappa shape index (κ3) is 5.73. The molecular formula is C21H27NO2. The fraction of sp³-hybridized carbons (Fsp3) is 0.381. The van der Waals surface area contributed by atoms with Crippen LogP contribution < -0.4 is 5.32 Å². The molecule has 0 aliphatic carbocycles. The molecule has 2 aromatic rings. The summed E-state index contributed by atoms with van der Waals surface area (Å²) in [7, 11) is 0. The van der Waals surface area contributed by atoms with Crippen LogP contribution in [0.1, 0.15) is 44.4 Å². The second-order valence-electron chi connectivity index (χ2n) is 7.26. The summed E-state index contributed by atoms with van der Waals surface area (Å²) >= 11 is 0. The van der Waals surface area contributed by atoms with E-state index in [9.17, 15) is 4.79 Å². The molecule has 1 N–H and O–H groups in total. The number of hydrogen-bond donors (Lipinski definition) is 1. The number of carbonyl (C=O) groups is 1. The fourth-order valence-electron chi connectivity index (χ4n) is 2.51. The lowest BCUT2D eigenvalue weighted by atomic mass is 9.86. The van der Waals surface area contributed by atoms with Crippen LogP contribution in [-0.2, 0) is 23.2 Å². The molecule has 2 aromatic carbocycles. The Bertz CT molecular complexity index is 642. The van der Waals surface area contributed by atoms with Crippen LogP contribution in [0.5, 0.6) is 0 Å². The molecule has 3 nitrogen and oxygen atoms in total. The Balaban J connectivity index is 1.80. The first kappa shape index (κ1) is 18.1. The fourth-order valence-corrected chi connectivity index (χ4v) is 2.51. The van der Waals surface area contributed by atoms with Crippen LogP contribution in [0, 0.1) is 0 Å². The zero-order chi connectivity index (χ0) is 17.6. The van der Waals surface area contributed by atoms with Crippen molar-refractivity contribution in [1.82, 2.24) is 5.32 Å². The number of amides is 1. The van der Waals surface area contributed by atoms with E-state index in [0.717, 1.165) is 12.0 Å². The van der Waals surface area contributed by atoms with Crippen molar-refractivity contribution in [2.45, 2.75) is 52.2 Å². The molecule has 0 spiro atoms. The monoisotopic (exact) mass is 325 g/mol.